The van der Waals surface area contributed by atoms with Crippen molar-refractivity contribution >= 4 is 23.2 Å². The number of carbonyl (C=O) groups excluding carboxylic acids is 1. The van der Waals surface area contributed by atoms with Crippen LogP contribution in [0, 0.1) is 0 Å². The van der Waals surface area contributed by atoms with Crippen LogP contribution in [0.4, 0.5) is 5.69 Å². The molecule has 4 heteroatoms. The lowest BCUT2D eigenvalue weighted by atomic mass is 9.99. The number of rotatable bonds is 2. The van der Waals surface area contributed by atoms with Crippen LogP contribution in [0.3, 0.4) is 0 Å². The molecule has 0 spiro atoms. The first-order valence-electron chi connectivity index (χ1n) is 5.35. The third-order valence-corrected chi connectivity index (χ3v) is 3.09. The van der Waals surface area contributed by atoms with Gasteiger partial charge in [0.25, 0.3) is 0 Å². The topological polar surface area (TPSA) is 40.5 Å². The molecule has 86 valence electrons. The van der Waals surface area contributed by atoms with Crippen LogP contribution >= 0.6 is 11.6 Å². The number of amides is 1. The van der Waals surface area contributed by atoms with Gasteiger partial charge in [-0.25, -0.2) is 0 Å². The molecular weight excluding hydrogens is 226 g/mol. The van der Waals surface area contributed by atoms with Crippen molar-refractivity contribution in [2.45, 2.75) is 19.4 Å². The highest BCUT2D eigenvalue weighted by Crippen LogP contribution is 2.28. The molecule has 0 aliphatic carbocycles. The van der Waals surface area contributed by atoms with Gasteiger partial charge in [-0.1, -0.05) is 12.1 Å². The number of carbonyl (C=O) groups is 1. The average Bonchev–Trinajstić information content (AvgIpc) is 2.36. The number of benzene rings is 1. The number of halogens is 1. The van der Waals surface area contributed by atoms with Crippen molar-refractivity contribution in [1.29, 1.82) is 0 Å². The molecule has 1 amide bonds. The lowest BCUT2D eigenvalue weighted by Gasteiger charge is -2.29. The van der Waals surface area contributed by atoms with Crippen LogP contribution in [0.25, 0.3) is 0 Å². The molecule has 16 heavy (non-hydrogen) atoms. The number of aliphatic hydroxyl groups excluding tert-OH is 1. The van der Waals surface area contributed by atoms with E-state index in [-0.39, 0.29) is 18.4 Å². The first-order valence-corrected chi connectivity index (χ1v) is 5.88. The van der Waals surface area contributed by atoms with Gasteiger partial charge >= 0.3 is 0 Å². The minimum Gasteiger partial charge on any atom is -0.392 e. The van der Waals surface area contributed by atoms with Gasteiger partial charge in [-0.3, -0.25) is 4.79 Å². The normalized spacial score (nSPS) is 14.8. The summed E-state index contributed by atoms with van der Waals surface area (Å²) >= 11 is 5.58. The Balaban J connectivity index is 2.39. The molecule has 1 aromatic rings. The number of alkyl halides is 1. The summed E-state index contributed by atoms with van der Waals surface area (Å²) in [4.78, 5) is 13.4. The van der Waals surface area contributed by atoms with Crippen LogP contribution in [-0.4, -0.2) is 23.4 Å². The number of fused-ring (bicyclic) bond motifs is 1. The number of nitrogens with zero attached hydrogens (tertiary/aromatic N) is 1. The fourth-order valence-electron chi connectivity index (χ4n) is 2.05. The Kier molecular flexibility index (Phi) is 3.46. The first-order chi connectivity index (χ1) is 7.76. The average molecular weight is 240 g/mol. The molecule has 0 atom stereocenters. The molecule has 0 bridgehead atoms. The summed E-state index contributed by atoms with van der Waals surface area (Å²) in [5, 5.41) is 9.09. The Morgan fingerprint density at radius 3 is 3.00 bits per heavy atom. The number of hydrogen-bond donors (Lipinski definition) is 1. The minimum atomic E-state index is -0.0716. The molecule has 0 radical (unpaired) electrons. The maximum Gasteiger partial charge on any atom is 0.241 e. The molecule has 0 unspecified atom stereocenters. The Morgan fingerprint density at radius 2 is 2.31 bits per heavy atom. The highest BCUT2D eigenvalue weighted by atomic mass is 35.5. The SMILES string of the molecule is O=C(CCl)N1CCCc2ccc(CO)cc21. The van der Waals surface area contributed by atoms with E-state index in [1.807, 2.05) is 18.2 Å². The van der Waals surface area contributed by atoms with Gasteiger partial charge in [0.05, 0.1) is 6.61 Å². The maximum atomic E-state index is 11.7. The Bertz CT molecular complexity index is 406. The molecule has 0 fully saturated rings. The highest BCUT2D eigenvalue weighted by Gasteiger charge is 2.21. The van der Waals surface area contributed by atoms with Gasteiger partial charge in [-0.2, -0.15) is 0 Å². The lowest BCUT2D eigenvalue weighted by molar-refractivity contribution is -0.116. The van der Waals surface area contributed by atoms with Crippen molar-refractivity contribution in [3.8, 4) is 0 Å². The van der Waals surface area contributed by atoms with E-state index in [2.05, 4.69) is 0 Å². The fourth-order valence-corrected chi connectivity index (χ4v) is 2.19. The molecule has 1 aliphatic rings. The van der Waals surface area contributed by atoms with Crippen molar-refractivity contribution in [2.75, 3.05) is 17.3 Å². The van der Waals surface area contributed by atoms with Crippen molar-refractivity contribution in [3.63, 3.8) is 0 Å². The van der Waals surface area contributed by atoms with E-state index in [0.717, 1.165) is 29.7 Å². The first kappa shape index (κ1) is 11.4. The molecule has 1 heterocycles. The summed E-state index contributed by atoms with van der Waals surface area (Å²) < 4.78 is 0. The molecule has 0 aromatic heterocycles. The smallest absolute Gasteiger partial charge is 0.241 e. The second-order valence-corrected chi connectivity index (χ2v) is 4.17. The molecule has 1 aromatic carbocycles. The zero-order valence-electron chi connectivity index (χ0n) is 8.95. The molecule has 1 aliphatic heterocycles. The second kappa shape index (κ2) is 4.85. The monoisotopic (exact) mass is 239 g/mol. The van der Waals surface area contributed by atoms with E-state index >= 15 is 0 Å². The fraction of sp³-hybridized carbons (Fsp3) is 0.417. The molecule has 2 rings (SSSR count). The van der Waals surface area contributed by atoms with Gasteiger partial charge in [0, 0.05) is 12.2 Å². The molecule has 3 nitrogen and oxygen atoms in total. The van der Waals surface area contributed by atoms with Gasteiger partial charge in [0.2, 0.25) is 5.91 Å². The third-order valence-electron chi connectivity index (χ3n) is 2.87. The van der Waals surface area contributed by atoms with E-state index in [0.29, 0.717) is 6.54 Å². The maximum absolute atomic E-state index is 11.7. The highest BCUT2D eigenvalue weighted by molar-refractivity contribution is 6.29. The van der Waals surface area contributed by atoms with Gasteiger partial charge < -0.3 is 10.0 Å². The van der Waals surface area contributed by atoms with Gasteiger partial charge in [-0.05, 0) is 30.0 Å². The number of anilines is 1. The number of aryl methyl sites for hydroxylation is 1. The predicted octanol–water partition coefficient (Wildman–Crippen LogP) is 1.70. The summed E-state index contributed by atoms with van der Waals surface area (Å²) in [5.41, 5.74) is 2.89. The molecule has 0 saturated carbocycles. The predicted molar refractivity (Wildman–Crippen MR) is 63.8 cm³/mol. The van der Waals surface area contributed by atoms with Crippen LogP contribution in [0.2, 0.25) is 0 Å². The van der Waals surface area contributed by atoms with Crippen LogP contribution in [0.1, 0.15) is 17.5 Å². The minimum absolute atomic E-state index is 0.00277. The van der Waals surface area contributed by atoms with Crippen molar-refractivity contribution in [1.82, 2.24) is 0 Å². The van der Waals surface area contributed by atoms with Crippen molar-refractivity contribution in [2.24, 2.45) is 0 Å². The Labute approximate surface area is 99.6 Å². The van der Waals surface area contributed by atoms with Crippen LogP contribution in [0.5, 0.6) is 0 Å². The number of aliphatic hydroxyl groups is 1. The zero-order chi connectivity index (χ0) is 11.5. The third kappa shape index (κ3) is 2.06. The van der Waals surface area contributed by atoms with Crippen LogP contribution in [0.15, 0.2) is 18.2 Å². The van der Waals surface area contributed by atoms with E-state index < -0.39 is 0 Å². The molecule has 0 saturated heterocycles. The van der Waals surface area contributed by atoms with Gasteiger partial charge in [-0.15, -0.1) is 11.6 Å². The van der Waals surface area contributed by atoms with E-state index in [1.165, 1.54) is 0 Å². The van der Waals surface area contributed by atoms with Crippen LogP contribution in [-0.2, 0) is 17.8 Å². The lowest BCUT2D eigenvalue weighted by Crippen LogP contribution is -2.36. The Hall–Kier alpha value is -1.06. The summed E-state index contributed by atoms with van der Waals surface area (Å²) in [6.45, 7) is 0.712. The Morgan fingerprint density at radius 1 is 1.50 bits per heavy atom. The summed E-state index contributed by atoms with van der Waals surface area (Å²) in [5.74, 6) is -0.0688. The van der Waals surface area contributed by atoms with E-state index in [1.54, 1.807) is 4.90 Å². The van der Waals surface area contributed by atoms with Crippen LogP contribution < -0.4 is 4.90 Å². The molecule has 1 N–H and O–H groups in total. The van der Waals surface area contributed by atoms with Crippen molar-refractivity contribution in [3.05, 3.63) is 29.3 Å². The summed E-state index contributed by atoms with van der Waals surface area (Å²) in [6, 6.07) is 5.75. The standard InChI is InChI=1S/C12H14ClNO2/c13-7-12(16)14-5-1-2-10-4-3-9(8-15)6-11(10)14/h3-4,6,15H,1-2,5,7-8H2. The van der Waals surface area contributed by atoms with Gasteiger partial charge in [0.15, 0.2) is 0 Å². The second-order valence-electron chi connectivity index (χ2n) is 3.90. The summed E-state index contributed by atoms with van der Waals surface area (Å²) in [6.07, 6.45) is 1.95. The van der Waals surface area contributed by atoms with Gasteiger partial charge in [0.1, 0.15) is 5.88 Å². The largest absolute Gasteiger partial charge is 0.392 e. The van der Waals surface area contributed by atoms with Crippen molar-refractivity contribution < 1.29 is 9.90 Å². The van der Waals surface area contributed by atoms with E-state index in [9.17, 15) is 4.79 Å². The zero-order valence-corrected chi connectivity index (χ0v) is 9.70. The summed E-state index contributed by atoms with van der Waals surface area (Å²) in [7, 11) is 0. The molecular formula is C12H14ClNO2. The quantitative estimate of drug-likeness (QED) is 0.798. The van der Waals surface area contributed by atoms with E-state index in [4.69, 9.17) is 16.7 Å². The number of hydrogen-bond acceptors (Lipinski definition) is 2.